The van der Waals surface area contributed by atoms with Gasteiger partial charge in [-0.3, -0.25) is 0 Å². The number of carbonyl (C=O) groups excluding carboxylic acids is 1. The molecule has 2 saturated heterocycles. The molecule has 2 heterocycles. The Morgan fingerprint density at radius 3 is 2.77 bits per heavy atom. The van der Waals surface area contributed by atoms with Gasteiger partial charge in [0.15, 0.2) is 0 Å². The van der Waals surface area contributed by atoms with E-state index in [9.17, 15) is 4.79 Å². The smallest absolute Gasteiger partial charge is 0.317 e. The molecular formula is C9H17N3O. The lowest BCUT2D eigenvalue weighted by molar-refractivity contribution is 0.205. The summed E-state index contributed by atoms with van der Waals surface area (Å²) < 4.78 is 0. The van der Waals surface area contributed by atoms with Gasteiger partial charge in [0.1, 0.15) is 0 Å². The quantitative estimate of drug-likeness (QED) is 0.608. The molecule has 0 radical (unpaired) electrons. The Labute approximate surface area is 78.7 Å². The molecule has 0 aliphatic carbocycles. The van der Waals surface area contributed by atoms with E-state index in [0.29, 0.717) is 6.04 Å². The highest BCUT2D eigenvalue weighted by Gasteiger charge is 2.22. The van der Waals surface area contributed by atoms with E-state index in [2.05, 4.69) is 10.6 Å². The highest BCUT2D eigenvalue weighted by Crippen LogP contribution is 2.08. The molecule has 1 atom stereocenters. The first-order chi connectivity index (χ1) is 6.36. The Hall–Kier alpha value is -0.770. The molecule has 0 bridgehead atoms. The second-order valence-corrected chi connectivity index (χ2v) is 3.83. The summed E-state index contributed by atoms with van der Waals surface area (Å²) in [5.74, 6) is 0. The third-order valence-corrected chi connectivity index (χ3v) is 2.78. The van der Waals surface area contributed by atoms with Crippen LogP contribution >= 0.6 is 0 Å². The van der Waals surface area contributed by atoms with Crippen molar-refractivity contribution < 1.29 is 4.79 Å². The van der Waals surface area contributed by atoms with Crippen LogP contribution < -0.4 is 10.6 Å². The Morgan fingerprint density at radius 1 is 1.38 bits per heavy atom. The molecule has 74 valence electrons. The van der Waals surface area contributed by atoms with Gasteiger partial charge >= 0.3 is 6.03 Å². The highest BCUT2D eigenvalue weighted by molar-refractivity contribution is 5.74. The molecule has 2 amide bonds. The topological polar surface area (TPSA) is 44.4 Å². The fourth-order valence-corrected chi connectivity index (χ4v) is 1.96. The minimum Gasteiger partial charge on any atom is -0.334 e. The summed E-state index contributed by atoms with van der Waals surface area (Å²) in [5, 5.41) is 6.28. The van der Waals surface area contributed by atoms with Crippen LogP contribution in [0, 0.1) is 0 Å². The van der Waals surface area contributed by atoms with Crippen LogP contribution in [-0.2, 0) is 0 Å². The zero-order chi connectivity index (χ0) is 9.10. The second kappa shape index (κ2) is 3.96. The van der Waals surface area contributed by atoms with Gasteiger partial charge in [-0.05, 0) is 25.8 Å². The minimum atomic E-state index is 0.131. The lowest BCUT2D eigenvalue weighted by Gasteiger charge is -2.19. The summed E-state index contributed by atoms with van der Waals surface area (Å²) in [6.07, 6.45) is 3.40. The van der Waals surface area contributed by atoms with Crippen molar-refractivity contribution in [2.45, 2.75) is 25.3 Å². The van der Waals surface area contributed by atoms with Crippen molar-refractivity contribution in [3.05, 3.63) is 0 Å². The molecule has 2 aliphatic heterocycles. The molecule has 0 spiro atoms. The van der Waals surface area contributed by atoms with Gasteiger partial charge in [-0.2, -0.15) is 0 Å². The van der Waals surface area contributed by atoms with Crippen molar-refractivity contribution in [2.75, 3.05) is 26.2 Å². The molecule has 2 N–H and O–H groups in total. The average molecular weight is 183 g/mol. The molecule has 2 aliphatic rings. The number of nitrogens with zero attached hydrogens (tertiary/aromatic N) is 1. The number of rotatable bonds is 1. The van der Waals surface area contributed by atoms with E-state index < -0.39 is 0 Å². The molecule has 0 unspecified atom stereocenters. The van der Waals surface area contributed by atoms with Gasteiger partial charge in [0, 0.05) is 25.7 Å². The highest BCUT2D eigenvalue weighted by atomic mass is 16.2. The van der Waals surface area contributed by atoms with Crippen LogP contribution in [-0.4, -0.2) is 43.2 Å². The van der Waals surface area contributed by atoms with Crippen LogP contribution in [0.25, 0.3) is 0 Å². The summed E-state index contributed by atoms with van der Waals surface area (Å²) in [7, 11) is 0. The normalized spacial score (nSPS) is 28.0. The molecule has 2 rings (SSSR count). The maximum absolute atomic E-state index is 11.6. The predicted octanol–water partition coefficient (Wildman–Crippen LogP) is 0.154. The number of hydrogen-bond acceptors (Lipinski definition) is 2. The standard InChI is InChI=1S/C9H17N3O/c13-9(12-5-1-2-6-12)11-8-3-4-10-7-8/h8,10H,1-7H2,(H,11,13)/t8-/m0/s1. The summed E-state index contributed by atoms with van der Waals surface area (Å²) in [6, 6.07) is 0.485. The lowest BCUT2D eigenvalue weighted by atomic mass is 10.3. The second-order valence-electron chi connectivity index (χ2n) is 3.83. The molecule has 0 aromatic rings. The van der Waals surface area contributed by atoms with Crippen LogP contribution in [0.2, 0.25) is 0 Å². The van der Waals surface area contributed by atoms with Crippen molar-refractivity contribution in [3.63, 3.8) is 0 Å². The monoisotopic (exact) mass is 183 g/mol. The maximum Gasteiger partial charge on any atom is 0.317 e. The van der Waals surface area contributed by atoms with Gasteiger partial charge in [-0.25, -0.2) is 4.79 Å². The van der Waals surface area contributed by atoms with Gasteiger partial charge in [0.25, 0.3) is 0 Å². The largest absolute Gasteiger partial charge is 0.334 e. The third kappa shape index (κ3) is 2.12. The summed E-state index contributed by atoms with van der Waals surface area (Å²) in [5.41, 5.74) is 0. The number of hydrogen-bond donors (Lipinski definition) is 2. The van der Waals surface area contributed by atoms with Gasteiger partial charge in [-0.1, -0.05) is 0 Å². The lowest BCUT2D eigenvalue weighted by Crippen LogP contribution is -2.44. The molecule has 0 saturated carbocycles. The molecule has 13 heavy (non-hydrogen) atoms. The van der Waals surface area contributed by atoms with Crippen LogP contribution in [0.5, 0.6) is 0 Å². The molecular weight excluding hydrogens is 166 g/mol. The van der Waals surface area contributed by atoms with Crippen molar-refractivity contribution in [1.82, 2.24) is 15.5 Å². The van der Waals surface area contributed by atoms with Gasteiger partial charge < -0.3 is 15.5 Å². The van der Waals surface area contributed by atoms with E-state index >= 15 is 0 Å². The van der Waals surface area contributed by atoms with E-state index in [1.807, 2.05) is 4.90 Å². The van der Waals surface area contributed by atoms with Gasteiger partial charge in [-0.15, -0.1) is 0 Å². The van der Waals surface area contributed by atoms with Crippen LogP contribution in [0.3, 0.4) is 0 Å². The van der Waals surface area contributed by atoms with Crippen molar-refractivity contribution in [3.8, 4) is 0 Å². The first kappa shape index (κ1) is 8.81. The van der Waals surface area contributed by atoms with Crippen LogP contribution in [0.4, 0.5) is 4.79 Å². The van der Waals surface area contributed by atoms with E-state index in [4.69, 9.17) is 0 Å². The van der Waals surface area contributed by atoms with Crippen molar-refractivity contribution >= 4 is 6.03 Å². The maximum atomic E-state index is 11.6. The third-order valence-electron chi connectivity index (χ3n) is 2.78. The number of carbonyl (C=O) groups is 1. The average Bonchev–Trinajstić information content (AvgIpc) is 2.74. The Kier molecular flexibility index (Phi) is 2.68. The molecule has 4 nitrogen and oxygen atoms in total. The summed E-state index contributed by atoms with van der Waals surface area (Å²) in [4.78, 5) is 13.5. The van der Waals surface area contributed by atoms with E-state index in [1.54, 1.807) is 0 Å². The molecule has 2 fully saturated rings. The van der Waals surface area contributed by atoms with E-state index in [-0.39, 0.29) is 6.03 Å². The summed E-state index contributed by atoms with van der Waals surface area (Å²) >= 11 is 0. The first-order valence-electron chi connectivity index (χ1n) is 5.12. The SMILES string of the molecule is O=C(N[C@H]1CCNC1)N1CCCC1. The molecule has 0 aromatic carbocycles. The number of likely N-dealkylation sites (tertiary alicyclic amines) is 1. The first-order valence-corrected chi connectivity index (χ1v) is 5.12. The molecule has 4 heteroatoms. The number of amides is 2. The zero-order valence-corrected chi connectivity index (χ0v) is 7.88. The zero-order valence-electron chi connectivity index (χ0n) is 7.88. The Bertz CT molecular complexity index is 183. The fourth-order valence-electron chi connectivity index (χ4n) is 1.96. The van der Waals surface area contributed by atoms with E-state index in [1.165, 1.54) is 0 Å². The molecule has 0 aromatic heterocycles. The van der Waals surface area contributed by atoms with Crippen LogP contribution in [0.1, 0.15) is 19.3 Å². The Morgan fingerprint density at radius 2 is 2.15 bits per heavy atom. The summed E-state index contributed by atoms with van der Waals surface area (Å²) in [6.45, 7) is 3.84. The van der Waals surface area contributed by atoms with Gasteiger partial charge in [0.2, 0.25) is 0 Å². The number of nitrogens with one attached hydrogen (secondary N) is 2. The van der Waals surface area contributed by atoms with E-state index in [0.717, 1.165) is 45.4 Å². The van der Waals surface area contributed by atoms with Crippen LogP contribution in [0.15, 0.2) is 0 Å². The number of urea groups is 1. The predicted molar refractivity (Wildman–Crippen MR) is 50.6 cm³/mol. The fraction of sp³-hybridized carbons (Fsp3) is 0.889. The van der Waals surface area contributed by atoms with Gasteiger partial charge in [0.05, 0.1) is 0 Å². The minimum absolute atomic E-state index is 0.131. The Balaban J connectivity index is 1.76. The van der Waals surface area contributed by atoms with Crippen molar-refractivity contribution in [1.29, 1.82) is 0 Å². The van der Waals surface area contributed by atoms with Crippen molar-refractivity contribution in [2.24, 2.45) is 0 Å².